The fourth-order valence-corrected chi connectivity index (χ4v) is 1.27. The number of amides is 1. The first-order valence-corrected chi connectivity index (χ1v) is 4.80. The van der Waals surface area contributed by atoms with Gasteiger partial charge < -0.3 is 5.32 Å². The molecule has 1 amide bonds. The normalized spacial score (nSPS) is 10.9. The van der Waals surface area contributed by atoms with Crippen LogP contribution in [0.1, 0.15) is 25.3 Å². The third-order valence-electron chi connectivity index (χ3n) is 2.09. The van der Waals surface area contributed by atoms with Crippen molar-refractivity contribution in [3.8, 4) is 0 Å². The molecule has 1 aromatic carbocycles. The van der Waals surface area contributed by atoms with Crippen LogP contribution in [0.15, 0.2) is 18.2 Å². The molecule has 0 unspecified atom stereocenters. The lowest BCUT2D eigenvalue weighted by Gasteiger charge is -2.09. The maximum absolute atomic E-state index is 13.4. The van der Waals surface area contributed by atoms with E-state index >= 15 is 0 Å². The second-order valence-electron chi connectivity index (χ2n) is 3.68. The maximum atomic E-state index is 13.4. The standard InChI is InChI=1S/C11H12F3NO/c1-6(2)8-4-3-7(5-9(8)12)15-11(16)10(13)14/h3-6,10H,1-2H3,(H,15,16). The van der Waals surface area contributed by atoms with Gasteiger partial charge in [0.1, 0.15) is 5.82 Å². The van der Waals surface area contributed by atoms with Crippen LogP contribution >= 0.6 is 0 Å². The van der Waals surface area contributed by atoms with Crippen LogP contribution in [-0.2, 0) is 4.79 Å². The van der Waals surface area contributed by atoms with Crippen LogP contribution in [-0.4, -0.2) is 12.3 Å². The number of hydrogen-bond acceptors (Lipinski definition) is 1. The van der Waals surface area contributed by atoms with E-state index < -0.39 is 18.1 Å². The van der Waals surface area contributed by atoms with Crippen molar-refractivity contribution in [1.29, 1.82) is 0 Å². The summed E-state index contributed by atoms with van der Waals surface area (Å²) in [5.74, 6) is -1.95. The highest BCUT2D eigenvalue weighted by molar-refractivity contribution is 5.93. The lowest BCUT2D eigenvalue weighted by atomic mass is 10.0. The summed E-state index contributed by atoms with van der Waals surface area (Å²) >= 11 is 0. The Kier molecular flexibility index (Phi) is 3.93. The molecule has 0 aliphatic rings. The van der Waals surface area contributed by atoms with E-state index in [2.05, 4.69) is 0 Å². The van der Waals surface area contributed by atoms with E-state index in [1.165, 1.54) is 12.1 Å². The summed E-state index contributed by atoms with van der Waals surface area (Å²) in [4.78, 5) is 10.7. The van der Waals surface area contributed by atoms with Crippen molar-refractivity contribution in [2.45, 2.75) is 26.2 Å². The highest BCUT2D eigenvalue weighted by Crippen LogP contribution is 2.21. The van der Waals surface area contributed by atoms with Crippen molar-refractivity contribution in [3.63, 3.8) is 0 Å². The van der Waals surface area contributed by atoms with Gasteiger partial charge in [0, 0.05) is 5.69 Å². The topological polar surface area (TPSA) is 29.1 Å². The summed E-state index contributed by atoms with van der Waals surface area (Å²) in [5.41, 5.74) is 0.516. The quantitative estimate of drug-likeness (QED) is 0.850. The smallest absolute Gasteiger partial charge is 0.315 e. The molecule has 0 saturated carbocycles. The minimum absolute atomic E-state index is 0.000139. The number of rotatable bonds is 3. The third kappa shape index (κ3) is 2.98. The molecule has 0 heterocycles. The first kappa shape index (κ1) is 12.5. The number of halogens is 3. The van der Waals surface area contributed by atoms with Gasteiger partial charge in [-0.25, -0.2) is 4.39 Å². The first-order chi connectivity index (χ1) is 7.41. The third-order valence-corrected chi connectivity index (χ3v) is 2.09. The molecule has 0 fully saturated rings. The molecule has 0 saturated heterocycles. The Morgan fingerprint density at radius 3 is 2.38 bits per heavy atom. The Balaban J connectivity index is 2.85. The lowest BCUT2D eigenvalue weighted by molar-refractivity contribution is -0.126. The predicted molar refractivity (Wildman–Crippen MR) is 55.1 cm³/mol. The maximum Gasteiger partial charge on any atom is 0.315 e. The SMILES string of the molecule is CC(C)c1ccc(NC(=O)C(F)F)cc1F. The van der Waals surface area contributed by atoms with E-state index in [1.807, 2.05) is 19.2 Å². The van der Waals surface area contributed by atoms with Gasteiger partial charge in [0.2, 0.25) is 0 Å². The molecule has 0 bridgehead atoms. The highest BCUT2D eigenvalue weighted by Gasteiger charge is 2.16. The number of benzene rings is 1. The summed E-state index contributed by atoms with van der Waals surface area (Å²) in [5, 5.41) is 1.92. The monoisotopic (exact) mass is 231 g/mol. The van der Waals surface area contributed by atoms with Crippen LogP contribution in [0.3, 0.4) is 0 Å². The van der Waals surface area contributed by atoms with Crippen LogP contribution in [0.25, 0.3) is 0 Å². The van der Waals surface area contributed by atoms with Crippen molar-refractivity contribution in [3.05, 3.63) is 29.6 Å². The van der Waals surface area contributed by atoms with Gasteiger partial charge in [-0.2, -0.15) is 8.78 Å². The zero-order chi connectivity index (χ0) is 12.3. The molecule has 0 aliphatic heterocycles. The molecule has 1 rings (SSSR count). The van der Waals surface area contributed by atoms with Crippen molar-refractivity contribution in [1.82, 2.24) is 0 Å². The van der Waals surface area contributed by atoms with Crippen LogP contribution < -0.4 is 5.32 Å². The van der Waals surface area contributed by atoms with Gasteiger partial charge >= 0.3 is 6.43 Å². The average Bonchev–Trinajstić information content (AvgIpc) is 2.16. The molecule has 16 heavy (non-hydrogen) atoms. The number of carbonyl (C=O) groups excluding carboxylic acids is 1. The molecule has 0 atom stereocenters. The van der Waals surface area contributed by atoms with Crippen LogP contribution in [0, 0.1) is 5.82 Å². The summed E-state index contributed by atoms with van der Waals surface area (Å²) in [6.45, 7) is 3.63. The van der Waals surface area contributed by atoms with E-state index in [1.54, 1.807) is 0 Å². The fourth-order valence-electron chi connectivity index (χ4n) is 1.27. The summed E-state index contributed by atoms with van der Waals surface area (Å²) < 4.78 is 37.2. The summed E-state index contributed by atoms with van der Waals surface area (Å²) in [6, 6.07) is 3.91. The zero-order valence-electron chi connectivity index (χ0n) is 8.93. The molecular weight excluding hydrogens is 219 g/mol. The van der Waals surface area contributed by atoms with Crippen LogP contribution in [0.5, 0.6) is 0 Å². The second-order valence-corrected chi connectivity index (χ2v) is 3.68. The number of alkyl halides is 2. The van der Waals surface area contributed by atoms with Gasteiger partial charge in [0.05, 0.1) is 0 Å². The van der Waals surface area contributed by atoms with Crippen molar-refractivity contribution in [2.75, 3.05) is 5.32 Å². The highest BCUT2D eigenvalue weighted by atomic mass is 19.3. The number of hydrogen-bond donors (Lipinski definition) is 1. The Labute approximate surface area is 91.5 Å². The Morgan fingerprint density at radius 1 is 1.31 bits per heavy atom. The second kappa shape index (κ2) is 5.01. The van der Waals surface area contributed by atoms with E-state index in [4.69, 9.17) is 0 Å². The predicted octanol–water partition coefficient (Wildman–Crippen LogP) is 3.15. The largest absolute Gasteiger partial charge is 0.321 e. The fraction of sp³-hybridized carbons (Fsp3) is 0.364. The molecule has 88 valence electrons. The molecular formula is C11H12F3NO. The number of anilines is 1. The lowest BCUT2D eigenvalue weighted by Crippen LogP contribution is -2.20. The van der Waals surface area contributed by atoms with E-state index in [0.29, 0.717) is 5.56 Å². The summed E-state index contributed by atoms with van der Waals surface area (Å²) in [6.07, 6.45) is -3.10. The first-order valence-electron chi connectivity index (χ1n) is 4.80. The van der Waals surface area contributed by atoms with Gasteiger partial charge in [-0.05, 0) is 23.6 Å². The minimum atomic E-state index is -3.10. The zero-order valence-corrected chi connectivity index (χ0v) is 8.93. The molecule has 0 aliphatic carbocycles. The van der Waals surface area contributed by atoms with Gasteiger partial charge in [-0.3, -0.25) is 4.79 Å². The van der Waals surface area contributed by atoms with Gasteiger partial charge in [-0.15, -0.1) is 0 Å². The molecule has 0 spiro atoms. The molecule has 1 N–H and O–H groups in total. The summed E-state index contributed by atoms with van der Waals surface area (Å²) in [7, 11) is 0. The minimum Gasteiger partial charge on any atom is -0.321 e. The van der Waals surface area contributed by atoms with E-state index in [-0.39, 0.29) is 11.6 Å². The average molecular weight is 231 g/mol. The van der Waals surface area contributed by atoms with Crippen molar-refractivity contribution < 1.29 is 18.0 Å². The van der Waals surface area contributed by atoms with Crippen LogP contribution in [0.2, 0.25) is 0 Å². The number of nitrogens with one attached hydrogen (secondary N) is 1. The van der Waals surface area contributed by atoms with Gasteiger partial charge in [0.15, 0.2) is 0 Å². The van der Waals surface area contributed by atoms with Crippen LogP contribution in [0.4, 0.5) is 18.9 Å². The van der Waals surface area contributed by atoms with Crippen molar-refractivity contribution in [2.24, 2.45) is 0 Å². The molecule has 1 aromatic rings. The van der Waals surface area contributed by atoms with Crippen molar-refractivity contribution >= 4 is 11.6 Å². The molecule has 2 nitrogen and oxygen atoms in total. The molecule has 0 radical (unpaired) electrons. The van der Waals surface area contributed by atoms with Gasteiger partial charge in [0.25, 0.3) is 5.91 Å². The van der Waals surface area contributed by atoms with E-state index in [0.717, 1.165) is 6.07 Å². The molecule has 5 heteroatoms. The Bertz CT molecular complexity index is 391. The van der Waals surface area contributed by atoms with Gasteiger partial charge in [-0.1, -0.05) is 19.9 Å². The van der Waals surface area contributed by atoms with E-state index in [9.17, 15) is 18.0 Å². The number of carbonyl (C=O) groups is 1. The Morgan fingerprint density at radius 2 is 1.94 bits per heavy atom. The Hall–Kier alpha value is -1.52. The molecule has 0 aromatic heterocycles.